The van der Waals surface area contributed by atoms with Crippen LogP contribution in [0.15, 0.2) is 58.5 Å². The molecule has 1 amide bonds. The van der Waals surface area contributed by atoms with E-state index in [0.717, 1.165) is 22.3 Å². The highest BCUT2D eigenvalue weighted by Gasteiger charge is 2.20. The van der Waals surface area contributed by atoms with E-state index in [1.54, 1.807) is 24.5 Å². The van der Waals surface area contributed by atoms with Crippen LogP contribution in [0, 0.1) is 18.6 Å². The Hall–Kier alpha value is -3.59. The lowest BCUT2D eigenvalue weighted by molar-refractivity contribution is 0.0963. The zero-order chi connectivity index (χ0) is 23.0. The van der Waals surface area contributed by atoms with Gasteiger partial charge in [-0.25, -0.2) is 18.7 Å². The summed E-state index contributed by atoms with van der Waals surface area (Å²) in [6, 6.07) is 11.3. The van der Waals surface area contributed by atoms with E-state index in [2.05, 4.69) is 15.3 Å². The van der Waals surface area contributed by atoms with Crippen molar-refractivity contribution >= 4 is 28.7 Å². The Labute approximate surface area is 186 Å². The average molecular weight is 452 g/mol. The second-order valence-electron chi connectivity index (χ2n) is 6.98. The number of carbonyl (C=O) groups excluding carboxylic acids is 1. The third-order valence-electron chi connectivity index (χ3n) is 5.06. The van der Waals surface area contributed by atoms with Gasteiger partial charge in [0.1, 0.15) is 17.3 Å². The van der Waals surface area contributed by atoms with Crippen molar-refractivity contribution in [2.45, 2.75) is 12.1 Å². The first-order valence-electron chi connectivity index (χ1n) is 9.61. The maximum Gasteiger partial charge on any atom is 0.256 e. The fraction of sp³-hybridized carbons (Fsp3) is 0.130. The molecule has 9 heteroatoms. The number of hydrogen-bond donors (Lipinski definition) is 1. The van der Waals surface area contributed by atoms with Gasteiger partial charge in [0.15, 0.2) is 10.8 Å². The number of hydrogen-bond acceptors (Lipinski definition) is 5. The molecule has 0 saturated carbocycles. The van der Waals surface area contributed by atoms with Gasteiger partial charge in [0.05, 0.1) is 5.69 Å². The van der Waals surface area contributed by atoms with E-state index in [0.29, 0.717) is 27.4 Å². The fourth-order valence-corrected chi connectivity index (χ4v) is 3.83. The number of amides is 1. The predicted molar refractivity (Wildman–Crippen MR) is 120 cm³/mol. The van der Waals surface area contributed by atoms with Gasteiger partial charge in [-0.2, -0.15) is 0 Å². The predicted octanol–water partition coefficient (Wildman–Crippen LogP) is 4.12. The topological polar surface area (TPSA) is 76.9 Å². The van der Waals surface area contributed by atoms with Gasteiger partial charge in [0.2, 0.25) is 0 Å². The zero-order valence-corrected chi connectivity index (χ0v) is 18.3. The molecular weight excluding hydrogens is 434 g/mol. The number of aromatic nitrogens is 3. The minimum absolute atomic E-state index is 0.0700. The Morgan fingerprint density at radius 1 is 1.06 bits per heavy atom. The molecule has 4 aromatic rings. The maximum absolute atomic E-state index is 14.6. The summed E-state index contributed by atoms with van der Waals surface area (Å²) in [7, 11) is 1.54. The molecule has 6 nitrogen and oxygen atoms in total. The van der Waals surface area contributed by atoms with Crippen LogP contribution in [0.2, 0.25) is 0 Å². The first kappa shape index (κ1) is 21.6. The lowest BCUT2D eigenvalue weighted by atomic mass is 9.99. The van der Waals surface area contributed by atoms with Gasteiger partial charge >= 0.3 is 0 Å². The molecule has 4 rings (SSSR count). The summed E-state index contributed by atoms with van der Waals surface area (Å²) in [5, 5.41) is 3.32. The highest BCUT2D eigenvalue weighted by molar-refractivity contribution is 7.98. The van der Waals surface area contributed by atoms with E-state index in [-0.39, 0.29) is 11.6 Å². The number of pyridine rings is 1. The smallest absolute Gasteiger partial charge is 0.256 e. The molecule has 2 aromatic heterocycles. The van der Waals surface area contributed by atoms with Gasteiger partial charge in [-0.3, -0.25) is 14.2 Å². The molecule has 162 valence electrons. The normalized spacial score (nSPS) is 11.0. The summed E-state index contributed by atoms with van der Waals surface area (Å²) >= 11 is 1.23. The van der Waals surface area contributed by atoms with Crippen LogP contribution in [-0.4, -0.2) is 33.7 Å². The molecule has 0 bridgehead atoms. The van der Waals surface area contributed by atoms with Crippen molar-refractivity contribution in [1.29, 1.82) is 0 Å². The molecule has 0 spiro atoms. The van der Waals surface area contributed by atoms with Gasteiger partial charge in [0, 0.05) is 29.6 Å². The average Bonchev–Trinajstić information content (AvgIpc) is 2.79. The van der Waals surface area contributed by atoms with Gasteiger partial charge < -0.3 is 5.32 Å². The fourth-order valence-electron chi connectivity index (χ4n) is 3.47. The van der Waals surface area contributed by atoms with Crippen LogP contribution in [0.25, 0.3) is 28.0 Å². The monoisotopic (exact) mass is 452 g/mol. The molecule has 0 unspecified atom stereocenters. The number of fused-ring (bicyclic) bond motifs is 1. The molecule has 2 heterocycles. The number of benzene rings is 2. The van der Waals surface area contributed by atoms with Gasteiger partial charge in [0.25, 0.3) is 11.5 Å². The number of halogens is 2. The summed E-state index contributed by atoms with van der Waals surface area (Å²) in [5.41, 5.74) is 1.30. The summed E-state index contributed by atoms with van der Waals surface area (Å²) in [5.74, 6) is -2.04. The van der Waals surface area contributed by atoms with E-state index in [4.69, 9.17) is 0 Å². The zero-order valence-electron chi connectivity index (χ0n) is 17.4. The second kappa shape index (κ2) is 8.51. The largest absolute Gasteiger partial charge is 0.355 e. The summed E-state index contributed by atoms with van der Waals surface area (Å²) in [4.78, 5) is 33.9. The number of rotatable bonds is 4. The van der Waals surface area contributed by atoms with Crippen molar-refractivity contribution < 1.29 is 13.6 Å². The second-order valence-corrected chi connectivity index (χ2v) is 7.76. The molecule has 0 fully saturated rings. The Morgan fingerprint density at radius 3 is 2.44 bits per heavy atom. The van der Waals surface area contributed by atoms with Gasteiger partial charge in [-0.15, -0.1) is 0 Å². The number of nitrogens with one attached hydrogen (secondary N) is 1. The molecule has 0 aliphatic rings. The Bertz CT molecular complexity index is 1420. The molecule has 0 saturated heterocycles. The summed E-state index contributed by atoms with van der Waals surface area (Å²) in [6.45, 7) is 1.86. The standard InChI is InChI=1S/C23H18F2N4O2S/c1-12-7-8-13(22(31)26-2)11-15(12)19-14-9-10-18(30)29(21(14)28-23(27-19)32-3)20-16(24)5-4-6-17(20)25/h4-11H,1-3H3,(H,26,31). The Kier molecular flexibility index (Phi) is 5.75. The highest BCUT2D eigenvalue weighted by atomic mass is 32.2. The molecule has 2 aromatic carbocycles. The quantitative estimate of drug-likeness (QED) is 0.372. The SMILES string of the molecule is CNC(=O)c1ccc(C)c(-c2nc(SC)nc3c2ccc(=O)n3-c2c(F)cccc2F)c1. The number of thioether (sulfide) groups is 1. The van der Waals surface area contributed by atoms with Crippen molar-refractivity contribution in [2.75, 3.05) is 13.3 Å². The van der Waals surface area contributed by atoms with E-state index >= 15 is 0 Å². The van der Waals surface area contributed by atoms with Gasteiger partial charge in [-0.1, -0.05) is 23.9 Å². The molecule has 0 aliphatic carbocycles. The molecule has 0 aliphatic heterocycles. The van der Waals surface area contributed by atoms with Crippen molar-refractivity contribution in [3.05, 3.63) is 81.6 Å². The van der Waals surface area contributed by atoms with E-state index in [1.807, 2.05) is 6.92 Å². The van der Waals surface area contributed by atoms with E-state index in [9.17, 15) is 18.4 Å². The molecule has 32 heavy (non-hydrogen) atoms. The first-order chi connectivity index (χ1) is 15.3. The first-order valence-corrected chi connectivity index (χ1v) is 10.8. The number of para-hydroxylation sites is 1. The van der Waals surface area contributed by atoms with Crippen LogP contribution in [0.3, 0.4) is 0 Å². The van der Waals surface area contributed by atoms with Crippen LogP contribution in [0.5, 0.6) is 0 Å². The van der Waals surface area contributed by atoms with Crippen molar-refractivity contribution in [3.8, 4) is 16.9 Å². The summed E-state index contributed by atoms with van der Waals surface area (Å²) in [6.07, 6.45) is 1.76. The van der Waals surface area contributed by atoms with Crippen LogP contribution < -0.4 is 10.9 Å². The maximum atomic E-state index is 14.6. The van der Waals surface area contributed by atoms with Crippen molar-refractivity contribution in [2.24, 2.45) is 0 Å². The molecular formula is C23H18F2N4O2S. The van der Waals surface area contributed by atoms with Gasteiger partial charge in [-0.05, 0) is 49.1 Å². The van der Waals surface area contributed by atoms with E-state index < -0.39 is 22.9 Å². The Morgan fingerprint density at radius 2 is 1.78 bits per heavy atom. The molecule has 0 atom stereocenters. The highest BCUT2D eigenvalue weighted by Crippen LogP contribution is 2.32. The van der Waals surface area contributed by atoms with Crippen molar-refractivity contribution in [3.63, 3.8) is 0 Å². The number of aryl methyl sites for hydroxylation is 1. The number of nitrogens with zero attached hydrogens (tertiary/aromatic N) is 3. The van der Waals surface area contributed by atoms with E-state index in [1.165, 1.54) is 37.0 Å². The minimum atomic E-state index is -0.886. The van der Waals surface area contributed by atoms with Crippen LogP contribution in [0.1, 0.15) is 15.9 Å². The molecule has 1 N–H and O–H groups in total. The Balaban J connectivity index is 2.12. The third-order valence-corrected chi connectivity index (χ3v) is 5.60. The number of carbonyl (C=O) groups is 1. The van der Waals surface area contributed by atoms with Crippen LogP contribution in [0.4, 0.5) is 8.78 Å². The third kappa shape index (κ3) is 3.64. The molecule has 0 radical (unpaired) electrons. The van der Waals surface area contributed by atoms with Crippen molar-refractivity contribution in [1.82, 2.24) is 19.9 Å². The van der Waals surface area contributed by atoms with Crippen LogP contribution in [-0.2, 0) is 0 Å². The lowest BCUT2D eigenvalue weighted by Crippen LogP contribution is -2.21. The summed E-state index contributed by atoms with van der Waals surface area (Å²) < 4.78 is 30.1. The minimum Gasteiger partial charge on any atom is -0.355 e. The lowest BCUT2D eigenvalue weighted by Gasteiger charge is -2.15. The van der Waals surface area contributed by atoms with Crippen LogP contribution >= 0.6 is 11.8 Å².